The standard InChI is InChI=1S/C17H17N3O3S/c1-13-18-19-17(23-13)15-8-5-9-16(12-15)20-24(21,22)11-10-14-6-3-2-4-7-14/h2-9,12,20H,10-11H2,1H3. The normalized spacial score (nSPS) is 11.4. The van der Waals surface area contributed by atoms with E-state index in [2.05, 4.69) is 14.9 Å². The monoisotopic (exact) mass is 343 g/mol. The molecule has 124 valence electrons. The van der Waals surface area contributed by atoms with Crippen LogP contribution >= 0.6 is 0 Å². The van der Waals surface area contributed by atoms with Crippen molar-refractivity contribution in [1.29, 1.82) is 0 Å². The average molecular weight is 343 g/mol. The molecule has 0 aliphatic rings. The zero-order valence-electron chi connectivity index (χ0n) is 13.1. The Kier molecular flexibility index (Phi) is 4.61. The number of hydrogen-bond donors (Lipinski definition) is 1. The number of nitrogens with zero attached hydrogens (tertiary/aromatic N) is 2. The van der Waals surface area contributed by atoms with Crippen molar-refractivity contribution in [2.45, 2.75) is 13.3 Å². The maximum absolute atomic E-state index is 12.3. The number of sulfonamides is 1. The quantitative estimate of drug-likeness (QED) is 0.743. The van der Waals surface area contributed by atoms with Gasteiger partial charge in [-0.25, -0.2) is 8.42 Å². The summed E-state index contributed by atoms with van der Waals surface area (Å²) in [6.07, 6.45) is 0.457. The van der Waals surface area contributed by atoms with Gasteiger partial charge in [0.2, 0.25) is 21.8 Å². The van der Waals surface area contributed by atoms with Gasteiger partial charge in [0, 0.05) is 18.2 Å². The van der Waals surface area contributed by atoms with Gasteiger partial charge in [0.25, 0.3) is 0 Å². The molecule has 0 fully saturated rings. The Balaban J connectivity index is 1.70. The van der Waals surface area contributed by atoms with Crippen LogP contribution in [0.4, 0.5) is 5.69 Å². The summed E-state index contributed by atoms with van der Waals surface area (Å²) in [5.41, 5.74) is 2.12. The van der Waals surface area contributed by atoms with E-state index in [1.807, 2.05) is 30.3 Å². The van der Waals surface area contributed by atoms with E-state index in [9.17, 15) is 8.42 Å². The lowest BCUT2D eigenvalue weighted by Crippen LogP contribution is -2.18. The van der Waals surface area contributed by atoms with Crippen molar-refractivity contribution >= 4 is 15.7 Å². The van der Waals surface area contributed by atoms with E-state index >= 15 is 0 Å². The third-order valence-electron chi connectivity index (χ3n) is 3.41. The third-order valence-corrected chi connectivity index (χ3v) is 4.70. The molecule has 24 heavy (non-hydrogen) atoms. The topological polar surface area (TPSA) is 85.1 Å². The Morgan fingerprint density at radius 2 is 1.83 bits per heavy atom. The molecule has 6 nitrogen and oxygen atoms in total. The average Bonchev–Trinajstić information content (AvgIpc) is 3.01. The van der Waals surface area contributed by atoms with Gasteiger partial charge in [-0.3, -0.25) is 4.72 Å². The van der Waals surface area contributed by atoms with Gasteiger partial charge in [-0.1, -0.05) is 36.4 Å². The second kappa shape index (κ2) is 6.84. The fourth-order valence-corrected chi connectivity index (χ4v) is 3.35. The van der Waals surface area contributed by atoms with Crippen LogP contribution in [-0.2, 0) is 16.4 Å². The van der Waals surface area contributed by atoms with Crippen LogP contribution < -0.4 is 4.72 Å². The molecule has 0 atom stereocenters. The highest BCUT2D eigenvalue weighted by atomic mass is 32.2. The summed E-state index contributed by atoms with van der Waals surface area (Å²) in [6.45, 7) is 1.70. The molecule has 3 aromatic rings. The first-order chi connectivity index (χ1) is 11.5. The molecule has 2 aromatic carbocycles. The van der Waals surface area contributed by atoms with Crippen molar-refractivity contribution in [1.82, 2.24) is 10.2 Å². The Morgan fingerprint density at radius 3 is 2.54 bits per heavy atom. The molecular weight excluding hydrogens is 326 g/mol. The summed E-state index contributed by atoms with van der Waals surface area (Å²) >= 11 is 0. The highest BCUT2D eigenvalue weighted by molar-refractivity contribution is 7.92. The fraction of sp³-hybridized carbons (Fsp3) is 0.176. The van der Waals surface area contributed by atoms with Crippen molar-refractivity contribution in [2.75, 3.05) is 10.5 Å². The molecule has 0 spiro atoms. The number of hydrogen-bond acceptors (Lipinski definition) is 5. The second-order valence-electron chi connectivity index (χ2n) is 5.36. The molecule has 0 bridgehead atoms. The maximum atomic E-state index is 12.3. The molecule has 7 heteroatoms. The van der Waals surface area contributed by atoms with Crippen molar-refractivity contribution in [3.63, 3.8) is 0 Å². The lowest BCUT2D eigenvalue weighted by Gasteiger charge is -2.09. The number of aryl methyl sites for hydroxylation is 2. The first-order valence-corrected chi connectivity index (χ1v) is 9.12. The van der Waals surface area contributed by atoms with Gasteiger partial charge in [0.15, 0.2) is 0 Å². The van der Waals surface area contributed by atoms with Gasteiger partial charge in [-0.05, 0) is 30.2 Å². The Hall–Kier alpha value is -2.67. The number of anilines is 1. The van der Waals surface area contributed by atoms with Crippen LogP contribution in [0, 0.1) is 6.92 Å². The number of rotatable bonds is 6. The second-order valence-corrected chi connectivity index (χ2v) is 7.21. The van der Waals surface area contributed by atoms with E-state index in [1.165, 1.54) is 0 Å². The molecule has 0 aliphatic heterocycles. The van der Waals surface area contributed by atoms with Gasteiger partial charge in [-0.15, -0.1) is 10.2 Å². The highest BCUT2D eigenvalue weighted by Crippen LogP contribution is 2.22. The van der Waals surface area contributed by atoms with Crippen LogP contribution in [-0.4, -0.2) is 24.4 Å². The van der Waals surface area contributed by atoms with Crippen LogP contribution in [0.15, 0.2) is 59.0 Å². The summed E-state index contributed by atoms with van der Waals surface area (Å²) in [4.78, 5) is 0. The van der Waals surface area contributed by atoms with E-state index < -0.39 is 10.0 Å². The number of nitrogens with one attached hydrogen (secondary N) is 1. The molecule has 0 aliphatic carbocycles. The molecule has 0 amide bonds. The molecule has 3 rings (SSSR count). The highest BCUT2D eigenvalue weighted by Gasteiger charge is 2.12. The Morgan fingerprint density at radius 1 is 1.04 bits per heavy atom. The van der Waals surface area contributed by atoms with Crippen molar-refractivity contribution in [3.8, 4) is 11.5 Å². The van der Waals surface area contributed by atoms with Gasteiger partial charge in [0.1, 0.15) is 0 Å². The number of aromatic nitrogens is 2. The molecule has 1 N–H and O–H groups in total. The molecule has 0 saturated carbocycles. The maximum Gasteiger partial charge on any atom is 0.247 e. The van der Waals surface area contributed by atoms with Gasteiger partial charge in [-0.2, -0.15) is 0 Å². The lowest BCUT2D eigenvalue weighted by atomic mass is 10.2. The van der Waals surface area contributed by atoms with Crippen LogP contribution in [0.5, 0.6) is 0 Å². The van der Waals surface area contributed by atoms with Gasteiger partial charge < -0.3 is 4.42 Å². The van der Waals surface area contributed by atoms with E-state index in [0.717, 1.165) is 5.56 Å². The minimum atomic E-state index is -3.44. The van der Waals surface area contributed by atoms with E-state index in [1.54, 1.807) is 31.2 Å². The largest absolute Gasteiger partial charge is 0.421 e. The molecular formula is C17H17N3O3S. The lowest BCUT2D eigenvalue weighted by molar-refractivity contribution is 0.533. The Labute approximate surface area is 140 Å². The zero-order valence-corrected chi connectivity index (χ0v) is 14.0. The summed E-state index contributed by atoms with van der Waals surface area (Å²) < 4.78 is 32.5. The van der Waals surface area contributed by atoms with E-state index in [4.69, 9.17) is 4.42 Å². The van der Waals surface area contributed by atoms with Crippen LogP contribution in [0.1, 0.15) is 11.5 Å². The molecule has 1 heterocycles. The molecule has 0 saturated heterocycles. The summed E-state index contributed by atoms with van der Waals surface area (Å²) in [6, 6.07) is 16.4. The van der Waals surface area contributed by atoms with Gasteiger partial charge in [0.05, 0.1) is 5.75 Å². The van der Waals surface area contributed by atoms with Crippen molar-refractivity contribution < 1.29 is 12.8 Å². The SMILES string of the molecule is Cc1nnc(-c2cccc(NS(=O)(=O)CCc3ccccc3)c2)o1. The number of benzene rings is 2. The zero-order chi connectivity index (χ0) is 17.0. The summed E-state index contributed by atoms with van der Waals surface area (Å²) in [5.74, 6) is 0.831. The van der Waals surface area contributed by atoms with E-state index in [0.29, 0.717) is 29.5 Å². The third kappa shape index (κ3) is 4.20. The molecule has 1 aromatic heterocycles. The van der Waals surface area contributed by atoms with Crippen molar-refractivity contribution in [3.05, 3.63) is 66.1 Å². The predicted molar refractivity (Wildman–Crippen MR) is 92.0 cm³/mol. The van der Waals surface area contributed by atoms with Gasteiger partial charge >= 0.3 is 0 Å². The summed E-state index contributed by atoms with van der Waals surface area (Å²) in [7, 11) is -3.44. The minimum Gasteiger partial charge on any atom is -0.421 e. The molecule has 0 radical (unpaired) electrons. The van der Waals surface area contributed by atoms with Crippen molar-refractivity contribution in [2.24, 2.45) is 0 Å². The van der Waals surface area contributed by atoms with Crippen LogP contribution in [0.25, 0.3) is 11.5 Å². The first kappa shape index (κ1) is 16.2. The predicted octanol–water partition coefficient (Wildman–Crippen LogP) is 3.03. The van der Waals surface area contributed by atoms with Crippen LogP contribution in [0.2, 0.25) is 0 Å². The fourth-order valence-electron chi connectivity index (χ4n) is 2.26. The molecule has 0 unspecified atom stereocenters. The van der Waals surface area contributed by atoms with E-state index in [-0.39, 0.29) is 5.75 Å². The van der Waals surface area contributed by atoms with Crippen LogP contribution in [0.3, 0.4) is 0 Å². The Bertz CT molecular complexity index is 921. The first-order valence-electron chi connectivity index (χ1n) is 7.47. The minimum absolute atomic E-state index is 0.0148. The smallest absolute Gasteiger partial charge is 0.247 e. The summed E-state index contributed by atoms with van der Waals surface area (Å²) in [5, 5.41) is 7.71.